The summed E-state index contributed by atoms with van der Waals surface area (Å²) in [5.74, 6) is -1.44. The summed E-state index contributed by atoms with van der Waals surface area (Å²) in [6.07, 6.45) is -3.01. The van der Waals surface area contributed by atoms with Gasteiger partial charge in [-0.15, -0.1) is 0 Å². The number of hydrazone groups is 1. The standard InChI is InChI=1S/C28H27F3N4O6/c1-39-23-12-11-18(15-24(23)40-2)13-14-32-26(37)27(38)35-33-16-19-7-3-6-10-22(19)41-17-25(36)34-21-9-5-4-8-20(21)28(29,30)31/h3-12,15-16H,13-14,17H2,1-2H3,(H,32,37)(H,34,36)(H,35,38)/b33-16-. The van der Waals surface area contributed by atoms with Gasteiger partial charge in [-0.1, -0.05) is 30.3 Å². The van der Waals surface area contributed by atoms with Crippen molar-refractivity contribution in [3.63, 3.8) is 0 Å². The lowest BCUT2D eigenvalue weighted by molar-refractivity contribution is -0.139. The number of nitrogens with one attached hydrogen (secondary N) is 3. The molecule has 3 amide bonds. The smallest absolute Gasteiger partial charge is 0.418 e. The Morgan fingerprint density at radius 2 is 1.59 bits per heavy atom. The summed E-state index contributed by atoms with van der Waals surface area (Å²) in [5, 5.41) is 8.41. The number of carbonyl (C=O) groups excluding carboxylic acids is 3. The van der Waals surface area contributed by atoms with Crippen LogP contribution in [-0.2, 0) is 27.0 Å². The molecule has 0 fully saturated rings. The normalized spacial score (nSPS) is 11.0. The van der Waals surface area contributed by atoms with Crippen LogP contribution in [0.2, 0.25) is 0 Å². The summed E-state index contributed by atoms with van der Waals surface area (Å²) in [7, 11) is 3.03. The molecule has 0 saturated heterocycles. The first-order valence-electron chi connectivity index (χ1n) is 12.1. The van der Waals surface area contributed by atoms with E-state index in [2.05, 4.69) is 21.2 Å². The zero-order valence-electron chi connectivity index (χ0n) is 22.1. The van der Waals surface area contributed by atoms with Crippen molar-refractivity contribution in [2.45, 2.75) is 12.6 Å². The third-order valence-corrected chi connectivity index (χ3v) is 5.51. The van der Waals surface area contributed by atoms with E-state index >= 15 is 0 Å². The van der Waals surface area contributed by atoms with E-state index in [4.69, 9.17) is 14.2 Å². The maximum Gasteiger partial charge on any atom is 0.418 e. The monoisotopic (exact) mass is 572 g/mol. The van der Waals surface area contributed by atoms with E-state index in [-0.39, 0.29) is 12.3 Å². The predicted molar refractivity (Wildman–Crippen MR) is 144 cm³/mol. The van der Waals surface area contributed by atoms with Crippen LogP contribution in [-0.4, -0.2) is 51.3 Å². The Hall–Kier alpha value is -5.07. The number of halogens is 3. The van der Waals surface area contributed by atoms with Gasteiger partial charge in [0.05, 0.1) is 31.7 Å². The van der Waals surface area contributed by atoms with Crippen molar-refractivity contribution in [3.8, 4) is 17.2 Å². The molecule has 3 rings (SSSR count). The van der Waals surface area contributed by atoms with Gasteiger partial charge in [0.2, 0.25) is 0 Å². The van der Waals surface area contributed by atoms with Crippen LogP contribution in [0.25, 0.3) is 0 Å². The number of alkyl halides is 3. The highest BCUT2D eigenvalue weighted by atomic mass is 19.4. The number of methoxy groups -OCH3 is 2. The number of hydrogen-bond acceptors (Lipinski definition) is 7. The molecule has 3 N–H and O–H groups in total. The summed E-state index contributed by atoms with van der Waals surface area (Å²) in [4.78, 5) is 36.4. The van der Waals surface area contributed by atoms with Crippen LogP contribution in [0.4, 0.5) is 18.9 Å². The van der Waals surface area contributed by atoms with E-state index < -0.39 is 41.8 Å². The SMILES string of the molecule is COc1ccc(CCNC(=O)C(=O)N/N=C\c2ccccc2OCC(=O)Nc2ccccc2C(F)(F)F)cc1OC. The first-order chi connectivity index (χ1) is 19.6. The van der Waals surface area contributed by atoms with Crippen molar-refractivity contribution in [3.05, 3.63) is 83.4 Å². The second-order valence-electron chi connectivity index (χ2n) is 8.31. The van der Waals surface area contributed by atoms with Gasteiger partial charge >= 0.3 is 18.0 Å². The molecule has 3 aromatic carbocycles. The number of ether oxygens (including phenoxy) is 3. The first kappa shape index (κ1) is 30.5. The van der Waals surface area contributed by atoms with Crippen molar-refractivity contribution in [1.82, 2.24) is 10.7 Å². The molecule has 13 heteroatoms. The van der Waals surface area contributed by atoms with Crippen LogP contribution >= 0.6 is 0 Å². The highest BCUT2D eigenvalue weighted by molar-refractivity contribution is 6.35. The fraction of sp³-hybridized carbons (Fsp3) is 0.214. The maximum absolute atomic E-state index is 13.1. The van der Waals surface area contributed by atoms with Gasteiger partial charge in [-0.2, -0.15) is 18.3 Å². The van der Waals surface area contributed by atoms with E-state index in [1.165, 1.54) is 38.6 Å². The largest absolute Gasteiger partial charge is 0.493 e. The molecule has 0 spiro atoms. The van der Waals surface area contributed by atoms with Crippen molar-refractivity contribution in [1.29, 1.82) is 0 Å². The Labute approximate surface area is 233 Å². The van der Waals surface area contributed by atoms with Gasteiger partial charge < -0.3 is 24.8 Å². The minimum Gasteiger partial charge on any atom is -0.493 e. The zero-order chi connectivity index (χ0) is 29.8. The average molecular weight is 573 g/mol. The fourth-order valence-electron chi connectivity index (χ4n) is 3.54. The van der Waals surface area contributed by atoms with E-state index in [0.29, 0.717) is 23.5 Å². The maximum atomic E-state index is 13.1. The molecular formula is C28H27F3N4O6. The van der Waals surface area contributed by atoms with Crippen molar-refractivity contribution in [2.24, 2.45) is 5.10 Å². The van der Waals surface area contributed by atoms with Gasteiger partial charge in [-0.25, -0.2) is 5.43 Å². The van der Waals surface area contributed by atoms with E-state index in [1.807, 2.05) is 6.07 Å². The van der Waals surface area contributed by atoms with Crippen molar-refractivity contribution < 1.29 is 41.8 Å². The average Bonchev–Trinajstić information content (AvgIpc) is 2.96. The molecule has 0 bridgehead atoms. The van der Waals surface area contributed by atoms with E-state index in [1.54, 1.807) is 30.3 Å². The fourth-order valence-corrected chi connectivity index (χ4v) is 3.54. The lowest BCUT2D eigenvalue weighted by Crippen LogP contribution is -2.38. The molecule has 0 aliphatic heterocycles. The Balaban J connectivity index is 1.49. The highest BCUT2D eigenvalue weighted by Gasteiger charge is 2.33. The number of carbonyl (C=O) groups is 3. The lowest BCUT2D eigenvalue weighted by atomic mass is 10.1. The summed E-state index contributed by atoms with van der Waals surface area (Å²) >= 11 is 0. The van der Waals surface area contributed by atoms with Crippen LogP contribution in [0.1, 0.15) is 16.7 Å². The van der Waals surface area contributed by atoms with Gasteiger partial charge in [-0.05, 0) is 48.4 Å². The Bertz CT molecular complexity index is 1410. The summed E-state index contributed by atoms with van der Waals surface area (Å²) in [6, 6.07) is 16.2. The molecule has 216 valence electrons. The number of rotatable bonds is 11. The lowest BCUT2D eigenvalue weighted by Gasteiger charge is -2.14. The van der Waals surface area contributed by atoms with E-state index in [0.717, 1.165) is 17.7 Å². The number of nitrogens with zero attached hydrogens (tertiary/aromatic N) is 1. The summed E-state index contributed by atoms with van der Waals surface area (Å²) < 4.78 is 55.3. The van der Waals surface area contributed by atoms with Crippen LogP contribution in [0.15, 0.2) is 71.8 Å². The molecule has 0 radical (unpaired) electrons. The number of amides is 3. The topological polar surface area (TPSA) is 127 Å². The molecule has 0 atom stereocenters. The van der Waals surface area contributed by atoms with Crippen molar-refractivity contribution in [2.75, 3.05) is 32.7 Å². The van der Waals surface area contributed by atoms with Gasteiger partial charge in [0, 0.05) is 12.1 Å². The molecule has 0 saturated carbocycles. The Morgan fingerprint density at radius 1 is 0.878 bits per heavy atom. The molecule has 0 aromatic heterocycles. The molecule has 0 aliphatic carbocycles. The molecular weight excluding hydrogens is 545 g/mol. The molecule has 0 heterocycles. The number of para-hydroxylation sites is 2. The Morgan fingerprint density at radius 3 is 2.32 bits per heavy atom. The number of anilines is 1. The minimum absolute atomic E-state index is 0.170. The van der Waals surface area contributed by atoms with Gasteiger partial charge in [0.15, 0.2) is 18.1 Å². The molecule has 3 aromatic rings. The second-order valence-corrected chi connectivity index (χ2v) is 8.31. The molecule has 0 aliphatic rings. The third kappa shape index (κ3) is 8.98. The van der Waals surface area contributed by atoms with Gasteiger partial charge in [0.1, 0.15) is 5.75 Å². The van der Waals surface area contributed by atoms with Crippen LogP contribution in [0.5, 0.6) is 17.2 Å². The Kier molecular flexibility index (Phi) is 10.7. The number of benzene rings is 3. The first-order valence-corrected chi connectivity index (χ1v) is 12.1. The highest BCUT2D eigenvalue weighted by Crippen LogP contribution is 2.34. The van der Waals surface area contributed by atoms with Crippen LogP contribution < -0.4 is 30.3 Å². The van der Waals surface area contributed by atoms with Crippen LogP contribution in [0, 0.1) is 0 Å². The zero-order valence-corrected chi connectivity index (χ0v) is 22.1. The predicted octanol–water partition coefficient (Wildman–Crippen LogP) is 3.55. The molecule has 10 nitrogen and oxygen atoms in total. The molecule has 41 heavy (non-hydrogen) atoms. The van der Waals surface area contributed by atoms with Crippen LogP contribution in [0.3, 0.4) is 0 Å². The van der Waals surface area contributed by atoms with Gasteiger partial charge in [0.25, 0.3) is 5.91 Å². The third-order valence-electron chi connectivity index (χ3n) is 5.51. The number of hydrogen-bond donors (Lipinski definition) is 3. The van der Waals surface area contributed by atoms with E-state index in [9.17, 15) is 27.6 Å². The minimum atomic E-state index is -4.64. The molecule has 0 unspecified atom stereocenters. The van der Waals surface area contributed by atoms with Crippen molar-refractivity contribution >= 4 is 29.6 Å². The quantitative estimate of drug-likeness (QED) is 0.183. The summed E-state index contributed by atoms with van der Waals surface area (Å²) in [5.41, 5.74) is 1.91. The second kappa shape index (κ2) is 14.4. The summed E-state index contributed by atoms with van der Waals surface area (Å²) in [6.45, 7) is -0.413. The van der Waals surface area contributed by atoms with Gasteiger partial charge in [-0.3, -0.25) is 14.4 Å².